The van der Waals surface area contributed by atoms with Gasteiger partial charge in [-0.1, -0.05) is 91.9 Å². The highest BCUT2D eigenvalue weighted by atomic mass is 16.5. The van der Waals surface area contributed by atoms with E-state index in [0.717, 1.165) is 39.6 Å². The second-order valence-electron chi connectivity index (χ2n) is 9.62. The number of aryl methyl sites for hydroxylation is 1. The van der Waals surface area contributed by atoms with Gasteiger partial charge in [0, 0.05) is 41.1 Å². The molecular formula is C34H34N2O3. The number of hydrogen-bond donors (Lipinski definition) is 2. The molecule has 0 spiro atoms. The molecule has 1 heterocycles. The number of rotatable bonds is 10. The molecule has 0 fully saturated rings. The van der Waals surface area contributed by atoms with E-state index in [-0.39, 0.29) is 24.3 Å². The molecule has 0 aliphatic heterocycles. The second-order valence-corrected chi connectivity index (χ2v) is 9.62. The molecule has 1 unspecified atom stereocenters. The lowest BCUT2D eigenvalue weighted by Crippen LogP contribution is -2.30. The molecule has 4 aromatic carbocycles. The predicted molar refractivity (Wildman–Crippen MR) is 157 cm³/mol. The summed E-state index contributed by atoms with van der Waals surface area (Å²) in [6.07, 6.45) is 3.21. The number of aromatic nitrogens is 1. The average Bonchev–Trinajstić information content (AvgIpc) is 3.43. The van der Waals surface area contributed by atoms with Crippen molar-refractivity contribution in [2.45, 2.75) is 31.7 Å². The fraction of sp³-hybridized carbons (Fsp3) is 0.206. The quantitative estimate of drug-likeness (QED) is 0.206. The first-order valence-corrected chi connectivity index (χ1v) is 13.3. The van der Waals surface area contributed by atoms with Gasteiger partial charge < -0.3 is 19.8 Å². The van der Waals surface area contributed by atoms with Crippen LogP contribution in [0.4, 0.5) is 0 Å². The Morgan fingerprint density at radius 2 is 1.51 bits per heavy atom. The number of benzene rings is 4. The van der Waals surface area contributed by atoms with Crippen LogP contribution in [0.5, 0.6) is 11.5 Å². The summed E-state index contributed by atoms with van der Waals surface area (Å²) in [6.45, 7) is 2.15. The fourth-order valence-electron chi connectivity index (χ4n) is 5.37. The Bertz CT molecular complexity index is 1500. The molecule has 0 saturated carbocycles. The maximum atomic E-state index is 13.9. The highest BCUT2D eigenvalue weighted by Gasteiger charge is 2.27. The van der Waals surface area contributed by atoms with E-state index < -0.39 is 0 Å². The van der Waals surface area contributed by atoms with Crippen molar-refractivity contribution >= 4 is 16.8 Å². The smallest absolute Gasteiger partial charge is 0.221 e. The number of H-pyrrole nitrogens is 1. The number of nitrogens with one attached hydrogen (secondary N) is 2. The Morgan fingerprint density at radius 3 is 2.13 bits per heavy atom. The summed E-state index contributed by atoms with van der Waals surface area (Å²) in [6, 6.07) is 32.1. The first-order valence-electron chi connectivity index (χ1n) is 13.3. The van der Waals surface area contributed by atoms with Gasteiger partial charge in [-0.25, -0.2) is 0 Å². The van der Waals surface area contributed by atoms with Crippen molar-refractivity contribution in [3.8, 4) is 11.5 Å². The lowest BCUT2D eigenvalue weighted by molar-refractivity contribution is -0.121. The number of aromatic amines is 1. The summed E-state index contributed by atoms with van der Waals surface area (Å²) in [5, 5.41) is 4.45. The van der Waals surface area contributed by atoms with Crippen LogP contribution in [0.2, 0.25) is 0 Å². The number of carbonyl (C=O) groups excluding carboxylic acids is 1. The van der Waals surface area contributed by atoms with Crippen LogP contribution in [0.15, 0.2) is 103 Å². The Morgan fingerprint density at radius 1 is 0.821 bits per heavy atom. The standard InChI is InChI=1S/C34H34N2O3/c1-4-23-16-11-17-28-30(22-35-34(23)28)29(27-19-18-26(38-2)20-31(27)39-3)21-32(37)36-33(24-12-7-5-8-13-24)25-14-9-6-10-15-25/h5-20,22,29,33,35H,4,21H2,1-3H3,(H,36,37). The van der Waals surface area contributed by atoms with Gasteiger partial charge in [0.05, 0.1) is 20.3 Å². The SMILES string of the molecule is CCc1cccc2c(C(CC(=O)NC(c3ccccc3)c3ccccc3)c3ccc(OC)cc3OC)c[nH]c12. The zero-order valence-electron chi connectivity index (χ0n) is 22.6. The summed E-state index contributed by atoms with van der Waals surface area (Å²) < 4.78 is 11.3. The van der Waals surface area contributed by atoms with Crippen LogP contribution in [-0.2, 0) is 11.2 Å². The van der Waals surface area contributed by atoms with Crippen LogP contribution in [0.3, 0.4) is 0 Å². The van der Waals surface area contributed by atoms with E-state index in [2.05, 4.69) is 35.4 Å². The van der Waals surface area contributed by atoms with Crippen molar-refractivity contribution in [3.05, 3.63) is 131 Å². The van der Waals surface area contributed by atoms with Gasteiger partial charge >= 0.3 is 0 Å². The topological polar surface area (TPSA) is 63.4 Å². The van der Waals surface area contributed by atoms with Crippen molar-refractivity contribution in [1.29, 1.82) is 0 Å². The summed E-state index contributed by atoms with van der Waals surface area (Å²) in [5.74, 6) is 1.12. The molecule has 5 rings (SSSR count). The number of methoxy groups -OCH3 is 2. The maximum absolute atomic E-state index is 13.9. The van der Waals surface area contributed by atoms with E-state index in [1.54, 1.807) is 14.2 Å². The summed E-state index contributed by atoms with van der Waals surface area (Å²) in [7, 11) is 3.29. The average molecular weight is 519 g/mol. The monoisotopic (exact) mass is 518 g/mol. The minimum atomic E-state index is -0.257. The van der Waals surface area contributed by atoms with E-state index in [1.807, 2.05) is 85.1 Å². The third-order valence-corrected chi connectivity index (χ3v) is 7.37. The minimum absolute atomic E-state index is 0.0448. The number of amides is 1. The van der Waals surface area contributed by atoms with Gasteiger partial charge in [-0.3, -0.25) is 4.79 Å². The van der Waals surface area contributed by atoms with Crippen molar-refractivity contribution in [3.63, 3.8) is 0 Å². The van der Waals surface area contributed by atoms with Crippen LogP contribution < -0.4 is 14.8 Å². The van der Waals surface area contributed by atoms with E-state index in [4.69, 9.17) is 9.47 Å². The third-order valence-electron chi connectivity index (χ3n) is 7.37. The number of ether oxygens (including phenoxy) is 2. The van der Waals surface area contributed by atoms with E-state index in [1.165, 1.54) is 5.56 Å². The molecule has 1 amide bonds. The molecule has 5 nitrogen and oxygen atoms in total. The van der Waals surface area contributed by atoms with Gasteiger partial charge in [-0.2, -0.15) is 0 Å². The first kappa shape index (κ1) is 26.1. The summed E-state index contributed by atoms with van der Waals surface area (Å²) in [5.41, 5.74) is 6.43. The van der Waals surface area contributed by atoms with E-state index >= 15 is 0 Å². The Hall–Kier alpha value is -4.51. The molecular weight excluding hydrogens is 484 g/mol. The van der Waals surface area contributed by atoms with Crippen LogP contribution in [0, 0.1) is 0 Å². The molecule has 198 valence electrons. The van der Waals surface area contributed by atoms with Crippen LogP contribution in [0.25, 0.3) is 10.9 Å². The van der Waals surface area contributed by atoms with Crippen LogP contribution in [0.1, 0.15) is 53.1 Å². The number of fused-ring (bicyclic) bond motifs is 1. The molecule has 2 N–H and O–H groups in total. The largest absolute Gasteiger partial charge is 0.497 e. The van der Waals surface area contributed by atoms with Crippen molar-refractivity contribution in [2.75, 3.05) is 14.2 Å². The van der Waals surface area contributed by atoms with Gasteiger partial charge in [0.25, 0.3) is 0 Å². The Labute approximate surface area is 229 Å². The Balaban J connectivity index is 1.55. The molecule has 0 aliphatic carbocycles. The van der Waals surface area contributed by atoms with Crippen LogP contribution >= 0.6 is 0 Å². The van der Waals surface area contributed by atoms with Crippen LogP contribution in [-0.4, -0.2) is 25.1 Å². The third kappa shape index (κ3) is 5.53. The predicted octanol–water partition coefficient (Wildman–Crippen LogP) is 7.18. The zero-order valence-corrected chi connectivity index (χ0v) is 22.6. The molecule has 1 atom stereocenters. The van der Waals surface area contributed by atoms with E-state index in [9.17, 15) is 4.79 Å². The molecule has 0 aliphatic rings. The fourth-order valence-corrected chi connectivity index (χ4v) is 5.37. The molecule has 0 saturated heterocycles. The van der Waals surface area contributed by atoms with Crippen molar-refractivity contribution in [1.82, 2.24) is 10.3 Å². The molecule has 1 aromatic heterocycles. The van der Waals surface area contributed by atoms with Crippen molar-refractivity contribution < 1.29 is 14.3 Å². The van der Waals surface area contributed by atoms with E-state index in [0.29, 0.717) is 11.5 Å². The molecule has 5 aromatic rings. The number of para-hydroxylation sites is 1. The maximum Gasteiger partial charge on any atom is 0.221 e. The lowest BCUT2D eigenvalue weighted by Gasteiger charge is -2.24. The molecule has 0 radical (unpaired) electrons. The molecule has 0 bridgehead atoms. The zero-order chi connectivity index (χ0) is 27.2. The van der Waals surface area contributed by atoms with Gasteiger partial charge in [0.2, 0.25) is 5.91 Å². The van der Waals surface area contributed by atoms with Crippen molar-refractivity contribution in [2.24, 2.45) is 0 Å². The Kier molecular flexibility index (Phi) is 7.97. The molecule has 5 heteroatoms. The molecule has 39 heavy (non-hydrogen) atoms. The van der Waals surface area contributed by atoms with Gasteiger partial charge in [0.15, 0.2) is 0 Å². The normalized spacial score (nSPS) is 11.9. The number of carbonyl (C=O) groups is 1. The summed E-state index contributed by atoms with van der Waals surface area (Å²) >= 11 is 0. The first-order chi connectivity index (χ1) is 19.1. The van der Waals surface area contributed by atoms with Gasteiger partial charge in [-0.05, 0) is 34.7 Å². The highest BCUT2D eigenvalue weighted by molar-refractivity contribution is 5.88. The number of hydrogen-bond acceptors (Lipinski definition) is 3. The second kappa shape index (κ2) is 11.9. The lowest BCUT2D eigenvalue weighted by atomic mass is 9.86. The minimum Gasteiger partial charge on any atom is -0.497 e. The van der Waals surface area contributed by atoms with Gasteiger partial charge in [0.1, 0.15) is 11.5 Å². The highest BCUT2D eigenvalue weighted by Crippen LogP contribution is 2.40. The van der Waals surface area contributed by atoms with Gasteiger partial charge in [-0.15, -0.1) is 0 Å². The summed E-state index contributed by atoms with van der Waals surface area (Å²) in [4.78, 5) is 17.4.